The Morgan fingerprint density at radius 3 is 2.50 bits per heavy atom. The highest BCUT2D eigenvalue weighted by Gasteiger charge is 2.28. The van der Waals surface area contributed by atoms with Crippen molar-refractivity contribution in [1.82, 2.24) is 0 Å². The first-order valence-electron chi connectivity index (χ1n) is 6.75. The van der Waals surface area contributed by atoms with E-state index < -0.39 is 6.10 Å². The number of hydrogen-bond donors (Lipinski definition) is 1. The van der Waals surface area contributed by atoms with E-state index in [2.05, 4.69) is 48.0 Å². The number of halogens is 1. The monoisotopic (exact) mass is 332 g/mol. The summed E-state index contributed by atoms with van der Waals surface area (Å²) in [4.78, 5) is 0. The highest BCUT2D eigenvalue weighted by molar-refractivity contribution is 9.10. The van der Waals surface area contributed by atoms with Crippen molar-refractivity contribution in [3.8, 4) is 5.75 Å². The molecule has 0 bridgehead atoms. The number of aryl methyl sites for hydroxylation is 2. The molecule has 0 saturated carbocycles. The van der Waals surface area contributed by atoms with E-state index >= 15 is 0 Å². The second kappa shape index (κ2) is 5.23. The van der Waals surface area contributed by atoms with Gasteiger partial charge in [-0.2, -0.15) is 0 Å². The second-order valence-corrected chi connectivity index (χ2v) is 6.38. The van der Waals surface area contributed by atoms with Gasteiger partial charge in [0.1, 0.15) is 11.9 Å². The Balaban J connectivity index is 1.98. The van der Waals surface area contributed by atoms with Crippen LogP contribution in [0.5, 0.6) is 5.75 Å². The molecular formula is C17H17BrO2. The van der Waals surface area contributed by atoms with Gasteiger partial charge in [-0.15, -0.1) is 0 Å². The van der Waals surface area contributed by atoms with Crippen molar-refractivity contribution in [2.24, 2.45) is 0 Å². The molecule has 2 nitrogen and oxygen atoms in total. The van der Waals surface area contributed by atoms with Crippen LogP contribution in [0.15, 0.2) is 40.9 Å². The third-order valence-electron chi connectivity index (χ3n) is 3.66. The number of ether oxygens (including phenoxy) is 1. The summed E-state index contributed by atoms with van der Waals surface area (Å²) in [6, 6.07) is 12.2. The summed E-state index contributed by atoms with van der Waals surface area (Å²) in [5.74, 6) is 0.766. The fourth-order valence-electron chi connectivity index (χ4n) is 2.82. The molecule has 1 N–H and O–H groups in total. The summed E-state index contributed by atoms with van der Waals surface area (Å²) in [5, 5.41) is 10.3. The Morgan fingerprint density at radius 2 is 1.80 bits per heavy atom. The van der Waals surface area contributed by atoms with Crippen molar-refractivity contribution < 1.29 is 9.84 Å². The smallest absolute Gasteiger partial charge is 0.127 e. The van der Waals surface area contributed by atoms with Gasteiger partial charge in [-0.05, 0) is 31.5 Å². The van der Waals surface area contributed by atoms with E-state index in [9.17, 15) is 5.11 Å². The minimum absolute atomic E-state index is 0.0922. The molecule has 0 radical (unpaired) electrons. The fourth-order valence-corrected chi connectivity index (χ4v) is 3.16. The summed E-state index contributed by atoms with van der Waals surface area (Å²) in [6.45, 7) is 4.17. The molecule has 3 rings (SSSR count). The van der Waals surface area contributed by atoms with E-state index in [0.717, 1.165) is 21.3 Å². The van der Waals surface area contributed by atoms with Gasteiger partial charge in [0.2, 0.25) is 0 Å². The van der Waals surface area contributed by atoms with Gasteiger partial charge in [-0.25, -0.2) is 0 Å². The largest absolute Gasteiger partial charge is 0.485 e. The molecule has 2 aromatic rings. The Hall–Kier alpha value is -1.32. The molecule has 2 aromatic carbocycles. The fraction of sp³-hybridized carbons (Fsp3) is 0.294. The molecule has 0 spiro atoms. The minimum Gasteiger partial charge on any atom is -0.485 e. The van der Waals surface area contributed by atoms with Crippen LogP contribution in [-0.4, -0.2) is 5.11 Å². The molecular weight excluding hydrogens is 316 g/mol. The number of benzene rings is 2. The van der Waals surface area contributed by atoms with Gasteiger partial charge in [-0.1, -0.05) is 51.3 Å². The van der Waals surface area contributed by atoms with Gasteiger partial charge in [0.15, 0.2) is 0 Å². The third-order valence-corrected chi connectivity index (χ3v) is 4.15. The lowest BCUT2D eigenvalue weighted by Crippen LogP contribution is -2.19. The molecule has 0 saturated heterocycles. The summed E-state index contributed by atoms with van der Waals surface area (Å²) < 4.78 is 7.05. The molecule has 0 amide bonds. The third kappa shape index (κ3) is 2.60. The lowest BCUT2D eigenvalue weighted by atomic mass is 9.93. The molecule has 2 atom stereocenters. The number of rotatable bonds is 1. The van der Waals surface area contributed by atoms with Gasteiger partial charge < -0.3 is 9.84 Å². The second-order valence-electron chi connectivity index (χ2n) is 5.46. The zero-order valence-corrected chi connectivity index (χ0v) is 13.1. The highest BCUT2D eigenvalue weighted by atomic mass is 79.9. The van der Waals surface area contributed by atoms with Crippen LogP contribution < -0.4 is 4.74 Å². The number of aliphatic hydroxyl groups excluding tert-OH is 1. The van der Waals surface area contributed by atoms with Crippen LogP contribution in [0.4, 0.5) is 0 Å². The van der Waals surface area contributed by atoms with Crippen molar-refractivity contribution in [1.29, 1.82) is 0 Å². The van der Waals surface area contributed by atoms with Crippen LogP contribution in [0, 0.1) is 13.8 Å². The SMILES string of the molecule is Cc1cc(C)cc(C2CC(O)c3ccc(Br)cc3O2)c1. The molecule has 0 fully saturated rings. The Kier molecular flexibility index (Phi) is 3.57. The van der Waals surface area contributed by atoms with E-state index in [1.807, 2.05) is 18.2 Å². The molecule has 0 aromatic heterocycles. The van der Waals surface area contributed by atoms with E-state index in [0.29, 0.717) is 6.42 Å². The normalized spacial score (nSPS) is 21.2. The number of hydrogen-bond acceptors (Lipinski definition) is 2. The van der Waals surface area contributed by atoms with Gasteiger partial charge in [-0.3, -0.25) is 0 Å². The molecule has 1 aliphatic heterocycles. The summed E-state index contributed by atoms with van der Waals surface area (Å²) >= 11 is 3.45. The lowest BCUT2D eigenvalue weighted by molar-refractivity contribution is 0.0656. The molecule has 1 heterocycles. The van der Waals surface area contributed by atoms with Crippen molar-refractivity contribution in [3.63, 3.8) is 0 Å². The van der Waals surface area contributed by atoms with Crippen molar-refractivity contribution in [2.75, 3.05) is 0 Å². The molecule has 1 aliphatic rings. The summed E-state index contributed by atoms with van der Waals surface area (Å²) in [6.07, 6.45) is 0.0282. The van der Waals surface area contributed by atoms with E-state index in [-0.39, 0.29) is 6.10 Å². The standard InChI is InChI=1S/C17H17BrO2/c1-10-5-11(2)7-12(6-10)16-9-15(19)14-4-3-13(18)8-17(14)20-16/h3-8,15-16,19H,9H2,1-2H3. The maximum Gasteiger partial charge on any atom is 0.127 e. The zero-order chi connectivity index (χ0) is 14.3. The van der Waals surface area contributed by atoms with E-state index in [1.165, 1.54) is 11.1 Å². The average molecular weight is 333 g/mol. The van der Waals surface area contributed by atoms with Gasteiger partial charge >= 0.3 is 0 Å². The first-order chi connectivity index (χ1) is 9.52. The maximum atomic E-state index is 10.3. The van der Waals surface area contributed by atoms with Gasteiger partial charge in [0.25, 0.3) is 0 Å². The van der Waals surface area contributed by atoms with Crippen molar-refractivity contribution >= 4 is 15.9 Å². The molecule has 20 heavy (non-hydrogen) atoms. The zero-order valence-electron chi connectivity index (χ0n) is 11.6. The van der Waals surface area contributed by atoms with Crippen LogP contribution in [0.3, 0.4) is 0 Å². The number of fused-ring (bicyclic) bond motifs is 1. The number of aliphatic hydroxyl groups is 1. The van der Waals surface area contributed by atoms with Crippen LogP contribution >= 0.6 is 15.9 Å². The van der Waals surface area contributed by atoms with Crippen molar-refractivity contribution in [3.05, 3.63) is 63.1 Å². The molecule has 0 aliphatic carbocycles. The van der Waals surface area contributed by atoms with Crippen molar-refractivity contribution in [2.45, 2.75) is 32.5 Å². The predicted octanol–water partition coefficient (Wildman–Crippen LogP) is 4.62. The average Bonchev–Trinajstić information content (AvgIpc) is 2.36. The molecule has 2 unspecified atom stereocenters. The first kappa shape index (κ1) is 13.7. The van der Waals surface area contributed by atoms with E-state index in [4.69, 9.17) is 4.74 Å². The van der Waals surface area contributed by atoms with Gasteiger partial charge in [0.05, 0.1) is 6.10 Å². The molecule has 3 heteroatoms. The Bertz CT molecular complexity index is 631. The minimum atomic E-state index is -0.474. The van der Waals surface area contributed by atoms with Crippen LogP contribution in [0.1, 0.15) is 40.9 Å². The lowest BCUT2D eigenvalue weighted by Gasteiger charge is -2.30. The Morgan fingerprint density at radius 1 is 1.10 bits per heavy atom. The topological polar surface area (TPSA) is 29.5 Å². The van der Waals surface area contributed by atoms with Crippen LogP contribution in [0.2, 0.25) is 0 Å². The predicted molar refractivity (Wildman–Crippen MR) is 83.0 cm³/mol. The van der Waals surface area contributed by atoms with Gasteiger partial charge in [0, 0.05) is 16.5 Å². The van der Waals surface area contributed by atoms with E-state index in [1.54, 1.807) is 0 Å². The quantitative estimate of drug-likeness (QED) is 0.825. The summed E-state index contributed by atoms with van der Waals surface area (Å²) in [5.41, 5.74) is 4.44. The highest BCUT2D eigenvalue weighted by Crippen LogP contribution is 2.42. The molecule has 104 valence electrons. The first-order valence-corrected chi connectivity index (χ1v) is 7.54. The van der Waals surface area contributed by atoms with Crippen LogP contribution in [0.25, 0.3) is 0 Å². The maximum absolute atomic E-state index is 10.3. The Labute approximate surface area is 127 Å². The van der Waals surface area contributed by atoms with Crippen LogP contribution in [-0.2, 0) is 0 Å². The summed E-state index contributed by atoms with van der Waals surface area (Å²) in [7, 11) is 0.